The van der Waals surface area contributed by atoms with Crippen LogP contribution in [0.1, 0.15) is 45.4 Å². The lowest BCUT2D eigenvalue weighted by Gasteiger charge is -2.35. The van der Waals surface area contributed by atoms with Gasteiger partial charge in [0.15, 0.2) is 0 Å². The molecule has 0 amide bonds. The van der Waals surface area contributed by atoms with Crippen molar-refractivity contribution in [2.24, 2.45) is 5.92 Å². The molecule has 0 saturated carbocycles. The smallest absolute Gasteiger partial charge is 0.195 e. The molecule has 0 aromatic carbocycles. The summed E-state index contributed by atoms with van der Waals surface area (Å²) in [6, 6.07) is 0. The zero-order valence-electron chi connectivity index (χ0n) is 11.7. The highest BCUT2D eigenvalue weighted by Gasteiger charge is 2.33. The molecule has 0 spiro atoms. The van der Waals surface area contributed by atoms with E-state index in [4.69, 9.17) is 11.6 Å². The average Bonchev–Trinajstić information content (AvgIpc) is 2.68. The van der Waals surface area contributed by atoms with Gasteiger partial charge in [0.2, 0.25) is 0 Å². The fourth-order valence-corrected chi connectivity index (χ4v) is 4.97. The van der Waals surface area contributed by atoms with Gasteiger partial charge >= 0.3 is 0 Å². The Bertz CT molecular complexity index is 370. The monoisotopic (exact) mass is 308 g/mol. The molecule has 0 aliphatic carbocycles. The minimum atomic E-state index is -3.23. The van der Waals surface area contributed by atoms with Crippen molar-refractivity contribution in [3.8, 4) is 0 Å². The lowest BCUT2D eigenvalue weighted by molar-refractivity contribution is 0.252. The van der Waals surface area contributed by atoms with Gasteiger partial charge in [-0.3, -0.25) is 0 Å². The van der Waals surface area contributed by atoms with Crippen LogP contribution in [0.3, 0.4) is 0 Å². The van der Waals surface area contributed by atoms with Crippen LogP contribution in [0.4, 0.5) is 0 Å². The summed E-state index contributed by atoms with van der Waals surface area (Å²) in [4.78, 5) is 0. The molecule has 2 aliphatic heterocycles. The minimum Gasteiger partial charge on any atom is -0.195 e. The fourth-order valence-electron chi connectivity index (χ4n) is 3.00. The lowest BCUT2D eigenvalue weighted by atomic mass is 9.95. The highest BCUT2D eigenvalue weighted by molar-refractivity contribution is 7.86. The van der Waals surface area contributed by atoms with E-state index in [9.17, 15) is 8.42 Å². The summed E-state index contributed by atoms with van der Waals surface area (Å²) in [7, 11) is -3.23. The molecule has 2 rings (SSSR count). The van der Waals surface area contributed by atoms with Crippen LogP contribution in [0.25, 0.3) is 0 Å². The van der Waals surface area contributed by atoms with E-state index in [0.717, 1.165) is 38.5 Å². The number of rotatable bonds is 3. The SMILES string of the molecule is CC(Cl)C1CCN(S(=O)(=O)N2CCCCCC2)CC1. The van der Waals surface area contributed by atoms with Gasteiger partial charge in [-0.05, 0) is 38.5 Å². The predicted molar refractivity (Wildman–Crippen MR) is 78.6 cm³/mol. The highest BCUT2D eigenvalue weighted by Crippen LogP contribution is 2.27. The summed E-state index contributed by atoms with van der Waals surface area (Å²) in [5.41, 5.74) is 0. The van der Waals surface area contributed by atoms with Crippen molar-refractivity contribution in [2.45, 2.75) is 50.8 Å². The van der Waals surface area contributed by atoms with Crippen molar-refractivity contribution in [1.82, 2.24) is 8.61 Å². The Morgan fingerprint density at radius 2 is 1.42 bits per heavy atom. The van der Waals surface area contributed by atoms with Gasteiger partial charge in [0.1, 0.15) is 0 Å². The third-order valence-electron chi connectivity index (χ3n) is 4.37. The van der Waals surface area contributed by atoms with Crippen LogP contribution in [0.15, 0.2) is 0 Å². The number of nitrogens with zero attached hydrogens (tertiary/aromatic N) is 2. The molecule has 0 radical (unpaired) electrons. The van der Waals surface area contributed by atoms with Gasteiger partial charge in [0.05, 0.1) is 0 Å². The van der Waals surface area contributed by atoms with Crippen LogP contribution < -0.4 is 0 Å². The first-order valence-corrected chi connectivity index (χ1v) is 9.24. The van der Waals surface area contributed by atoms with E-state index in [0.29, 0.717) is 32.1 Å². The molecule has 4 nitrogen and oxygen atoms in total. The Hall–Kier alpha value is 0.160. The zero-order valence-corrected chi connectivity index (χ0v) is 13.3. The van der Waals surface area contributed by atoms with Crippen LogP contribution in [0, 0.1) is 5.92 Å². The van der Waals surface area contributed by atoms with Crippen LogP contribution in [-0.2, 0) is 10.2 Å². The molecule has 1 atom stereocenters. The van der Waals surface area contributed by atoms with Gasteiger partial charge in [-0.15, -0.1) is 11.6 Å². The largest absolute Gasteiger partial charge is 0.281 e. The Morgan fingerprint density at radius 1 is 0.947 bits per heavy atom. The molecule has 2 saturated heterocycles. The maximum absolute atomic E-state index is 12.6. The second-order valence-electron chi connectivity index (χ2n) is 5.74. The van der Waals surface area contributed by atoms with Crippen molar-refractivity contribution in [2.75, 3.05) is 26.2 Å². The minimum absolute atomic E-state index is 0.142. The number of hydrogen-bond donors (Lipinski definition) is 0. The van der Waals surface area contributed by atoms with E-state index >= 15 is 0 Å². The second kappa shape index (κ2) is 6.74. The number of halogens is 1. The third-order valence-corrected chi connectivity index (χ3v) is 6.76. The van der Waals surface area contributed by atoms with Crippen molar-refractivity contribution in [1.29, 1.82) is 0 Å². The van der Waals surface area contributed by atoms with Crippen LogP contribution >= 0.6 is 11.6 Å². The van der Waals surface area contributed by atoms with E-state index in [-0.39, 0.29) is 5.38 Å². The van der Waals surface area contributed by atoms with E-state index in [1.807, 2.05) is 6.92 Å². The summed E-state index contributed by atoms with van der Waals surface area (Å²) < 4.78 is 28.5. The van der Waals surface area contributed by atoms with Crippen molar-refractivity contribution >= 4 is 21.8 Å². The molecule has 1 unspecified atom stereocenters. The lowest BCUT2D eigenvalue weighted by Crippen LogP contribution is -2.48. The maximum atomic E-state index is 12.6. The molecule has 0 aromatic heterocycles. The first kappa shape index (κ1) is 15.5. The Balaban J connectivity index is 1.96. The number of piperidine rings is 1. The summed E-state index contributed by atoms with van der Waals surface area (Å²) in [5, 5.41) is 0.142. The highest BCUT2D eigenvalue weighted by atomic mass is 35.5. The molecular formula is C13H25ClN2O2S. The van der Waals surface area contributed by atoms with Crippen LogP contribution in [-0.4, -0.2) is 48.6 Å². The first-order valence-electron chi connectivity index (χ1n) is 7.41. The molecule has 112 valence electrons. The molecule has 0 bridgehead atoms. The Labute approximate surface area is 122 Å². The topological polar surface area (TPSA) is 40.6 Å². The maximum Gasteiger partial charge on any atom is 0.281 e. The first-order chi connectivity index (χ1) is 9.01. The van der Waals surface area contributed by atoms with E-state index in [1.165, 1.54) is 0 Å². The van der Waals surface area contributed by atoms with Gasteiger partial charge in [0.25, 0.3) is 10.2 Å². The molecule has 2 fully saturated rings. The molecule has 0 N–H and O–H groups in total. The summed E-state index contributed by atoms with van der Waals surface area (Å²) in [6.45, 7) is 4.63. The summed E-state index contributed by atoms with van der Waals surface area (Å²) >= 11 is 6.11. The average molecular weight is 309 g/mol. The van der Waals surface area contributed by atoms with Crippen molar-refractivity contribution < 1.29 is 8.42 Å². The van der Waals surface area contributed by atoms with Gasteiger partial charge in [-0.2, -0.15) is 17.0 Å². The van der Waals surface area contributed by atoms with E-state index in [1.54, 1.807) is 8.61 Å². The molecular weight excluding hydrogens is 284 g/mol. The molecule has 6 heteroatoms. The van der Waals surface area contributed by atoms with Gasteiger partial charge in [0, 0.05) is 31.6 Å². The molecule has 0 aromatic rings. The van der Waals surface area contributed by atoms with Crippen molar-refractivity contribution in [3.05, 3.63) is 0 Å². The zero-order chi connectivity index (χ0) is 13.9. The van der Waals surface area contributed by atoms with E-state index < -0.39 is 10.2 Å². The Morgan fingerprint density at radius 3 is 1.89 bits per heavy atom. The predicted octanol–water partition coefficient (Wildman–Crippen LogP) is 2.45. The van der Waals surface area contributed by atoms with Gasteiger partial charge < -0.3 is 0 Å². The number of alkyl halides is 1. The quantitative estimate of drug-likeness (QED) is 0.751. The third kappa shape index (κ3) is 3.84. The molecule has 2 heterocycles. The summed E-state index contributed by atoms with van der Waals surface area (Å²) in [6.07, 6.45) is 6.06. The Kier molecular flexibility index (Phi) is 5.52. The number of hydrogen-bond acceptors (Lipinski definition) is 2. The fraction of sp³-hybridized carbons (Fsp3) is 1.00. The van der Waals surface area contributed by atoms with Crippen LogP contribution in [0.5, 0.6) is 0 Å². The second-order valence-corrected chi connectivity index (χ2v) is 8.35. The molecule has 19 heavy (non-hydrogen) atoms. The van der Waals surface area contributed by atoms with E-state index in [2.05, 4.69) is 0 Å². The summed E-state index contributed by atoms with van der Waals surface area (Å²) in [5.74, 6) is 0.456. The van der Waals surface area contributed by atoms with Crippen LogP contribution in [0.2, 0.25) is 0 Å². The normalized spacial score (nSPS) is 27.1. The van der Waals surface area contributed by atoms with Gasteiger partial charge in [-0.1, -0.05) is 12.8 Å². The standard InChI is InChI=1S/C13H25ClN2O2S/c1-12(14)13-6-10-16(11-7-13)19(17,18)15-8-4-2-3-5-9-15/h12-13H,2-11H2,1H3. The molecule has 2 aliphatic rings. The van der Waals surface area contributed by atoms with Gasteiger partial charge in [-0.25, -0.2) is 0 Å². The van der Waals surface area contributed by atoms with Crippen molar-refractivity contribution in [3.63, 3.8) is 0 Å².